The minimum Gasteiger partial charge on any atom is -0.493 e. The molecule has 0 aliphatic carbocycles. The molecule has 0 radical (unpaired) electrons. The van der Waals surface area contributed by atoms with Crippen LogP contribution in [-0.4, -0.2) is 50.1 Å². The van der Waals surface area contributed by atoms with Crippen molar-refractivity contribution in [2.75, 3.05) is 27.3 Å². The highest BCUT2D eigenvalue weighted by Gasteiger charge is 2.30. The molecule has 6 nitrogen and oxygen atoms in total. The lowest BCUT2D eigenvalue weighted by atomic mass is 10.1. The van der Waals surface area contributed by atoms with Gasteiger partial charge in [-0.3, -0.25) is 9.59 Å². The standard InChI is InChI=1S/C17H21ClN2O4/c1-4-13-17(22)19-7-8-20(13)15(21)6-5-11-9-12(18)16(24-3)14(10-11)23-2/h5-6,9-10,13H,4,7-8H2,1-3H3,(H,19,22)/b6-5+. The van der Waals surface area contributed by atoms with Gasteiger partial charge in [0.05, 0.1) is 19.2 Å². The molecule has 1 unspecified atom stereocenters. The Kier molecular flexibility index (Phi) is 6.09. The van der Waals surface area contributed by atoms with Gasteiger partial charge in [-0.25, -0.2) is 0 Å². The minimum atomic E-state index is -0.426. The Bertz CT molecular complexity index is 660. The summed E-state index contributed by atoms with van der Waals surface area (Å²) in [5.74, 6) is 0.615. The summed E-state index contributed by atoms with van der Waals surface area (Å²) in [5.41, 5.74) is 0.709. The minimum absolute atomic E-state index is 0.111. The predicted octanol–water partition coefficient (Wildman–Crippen LogP) is 2.11. The number of nitrogens with one attached hydrogen (secondary N) is 1. The third kappa shape index (κ3) is 3.82. The third-order valence-corrected chi connectivity index (χ3v) is 4.16. The molecule has 1 fully saturated rings. The Morgan fingerprint density at radius 3 is 2.79 bits per heavy atom. The molecule has 24 heavy (non-hydrogen) atoms. The topological polar surface area (TPSA) is 67.9 Å². The summed E-state index contributed by atoms with van der Waals surface area (Å²) in [4.78, 5) is 25.8. The molecule has 1 aliphatic rings. The molecular weight excluding hydrogens is 332 g/mol. The zero-order valence-electron chi connectivity index (χ0n) is 14.0. The monoisotopic (exact) mass is 352 g/mol. The summed E-state index contributed by atoms with van der Waals surface area (Å²) < 4.78 is 10.4. The summed E-state index contributed by atoms with van der Waals surface area (Å²) in [5, 5.41) is 3.17. The lowest BCUT2D eigenvalue weighted by Gasteiger charge is -2.33. The van der Waals surface area contributed by atoms with Gasteiger partial charge in [-0.1, -0.05) is 18.5 Å². The van der Waals surface area contributed by atoms with Crippen LogP contribution in [0.5, 0.6) is 11.5 Å². The Labute approximate surface area is 146 Å². The molecule has 1 aliphatic heterocycles. The van der Waals surface area contributed by atoms with Gasteiger partial charge in [-0.05, 0) is 30.2 Å². The van der Waals surface area contributed by atoms with Gasteiger partial charge in [0.15, 0.2) is 11.5 Å². The fourth-order valence-corrected chi connectivity index (χ4v) is 2.98. The van der Waals surface area contributed by atoms with Crippen LogP contribution in [-0.2, 0) is 9.59 Å². The van der Waals surface area contributed by atoms with Crippen molar-refractivity contribution in [2.45, 2.75) is 19.4 Å². The molecule has 1 atom stereocenters. The van der Waals surface area contributed by atoms with E-state index in [2.05, 4.69) is 5.32 Å². The summed E-state index contributed by atoms with van der Waals surface area (Å²) in [6, 6.07) is 2.99. The van der Waals surface area contributed by atoms with Crippen LogP contribution >= 0.6 is 11.6 Å². The molecule has 0 saturated carbocycles. The van der Waals surface area contributed by atoms with Gasteiger partial charge in [0, 0.05) is 19.2 Å². The average Bonchev–Trinajstić information content (AvgIpc) is 2.58. The third-order valence-electron chi connectivity index (χ3n) is 3.87. The summed E-state index contributed by atoms with van der Waals surface area (Å²) in [7, 11) is 3.03. The number of rotatable bonds is 5. The van der Waals surface area contributed by atoms with Gasteiger partial charge in [-0.15, -0.1) is 0 Å². The second kappa shape index (κ2) is 8.06. The van der Waals surface area contributed by atoms with E-state index in [0.29, 0.717) is 41.6 Å². The maximum absolute atomic E-state index is 12.4. The molecule has 1 aromatic carbocycles. The molecule has 130 valence electrons. The van der Waals surface area contributed by atoms with Gasteiger partial charge in [-0.2, -0.15) is 0 Å². The van der Waals surface area contributed by atoms with Crippen molar-refractivity contribution in [2.24, 2.45) is 0 Å². The van der Waals surface area contributed by atoms with E-state index in [9.17, 15) is 9.59 Å². The Hall–Kier alpha value is -2.21. The Balaban J connectivity index is 2.19. The van der Waals surface area contributed by atoms with Crippen LogP contribution in [0.1, 0.15) is 18.9 Å². The van der Waals surface area contributed by atoms with Crippen molar-refractivity contribution in [3.63, 3.8) is 0 Å². The lowest BCUT2D eigenvalue weighted by molar-refractivity contribution is -0.140. The molecule has 1 N–H and O–H groups in total. The molecule has 2 rings (SSSR count). The van der Waals surface area contributed by atoms with Gasteiger partial charge >= 0.3 is 0 Å². The molecule has 7 heteroatoms. The normalized spacial score (nSPS) is 17.8. The van der Waals surface area contributed by atoms with E-state index in [0.717, 1.165) is 0 Å². The van der Waals surface area contributed by atoms with Crippen LogP contribution < -0.4 is 14.8 Å². The molecule has 0 bridgehead atoms. The van der Waals surface area contributed by atoms with Crippen LogP contribution in [0.15, 0.2) is 18.2 Å². The van der Waals surface area contributed by atoms with Crippen molar-refractivity contribution in [3.05, 3.63) is 28.8 Å². The molecule has 1 saturated heterocycles. The number of nitrogens with zero attached hydrogens (tertiary/aromatic N) is 1. The summed E-state index contributed by atoms with van der Waals surface area (Å²) in [6.45, 7) is 2.85. The Morgan fingerprint density at radius 1 is 1.42 bits per heavy atom. The first-order valence-electron chi connectivity index (χ1n) is 7.69. The summed E-state index contributed by atoms with van der Waals surface area (Å²) >= 11 is 6.16. The molecule has 0 spiro atoms. The van der Waals surface area contributed by atoms with Gasteiger partial charge in [0.1, 0.15) is 6.04 Å². The van der Waals surface area contributed by atoms with Crippen LogP contribution in [0.25, 0.3) is 6.08 Å². The number of piperazine rings is 1. The highest BCUT2D eigenvalue weighted by molar-refractivity contribution is 6.32. The number of halogens is 1. The first-order chi connectivity index (χ1) is 11.5. The maximum atomic E-state index is 12.4. The molecule has 2 amide bonds. The zero-order chi connectivity index (χ0) is 17.7. The van der Waals surface area contributed by atoms with E-state index < -0.39 is 6.04 Å². The van der Waals surface area contributed by atoms with E-state index in [4.69, 9.17) is 21.1 Å². The van der Waals surface area contributed by atoms with Crippen molar-refractivity contribution < 1.29 is 19.1 Å². The molecule has 1 heterocycles. The molecule has 0 aromatic heterocycles. The fourth-order valence-electron chi connectivity index (χ4n) is 2.68. The highest BCUT2D eigenvalue weighted by Crippen LogP contribution is 2.36. The average molecular weight is 353 g/mol. The number of methoxy groups -OCH3 is 2. The largest absolute Gasteiger partial charge is 0.493 e. The summed E-state index contributed by atoms with van der Waals surface area (Å²) in [6.07, 6.45) is 3.67. The van der Waals surface area contributed by atoms with Gasteiger partial charge in [0.2, 0.25) is 11.8 Å². The van der Waals surface area contributed by atoms with Crippen LogP contribution in [0.4, 0.5) is 0 Å². The smallest absolute Gasteiger partial charge is 0.247 e. The van der Waals surface area contributed by atoms with E-state index in [1.807, 2.05) is 6.92 Å². The van der Waals surface area contributed by atoms with Crippen molar-refractivity contribution in [3.8, 4) is 11.5 Å². The maximum Gasteiger partial charge on any atom is 0.247 e. The predicted molar refractivity (Wildman–Crippen MR) is 92.4 cm³/mol. The SMILES string of the molecule is CCC1C(=O)NCCN1C(=O)/C=C/c1cc(Cl)c(OC)c(OC)c1. The van der Waals surface area contributed by atoms with Gasteiger partial charge < -0.3 is 19.7 Å². The van der Waals surface area contributed by atoms with Crippen molar-refractivity contribution in [1.29, 1.82) is 0 Å². The lowest BCUT2D eigenvalue weighted by Crippen LogP contribution is -2.56. The van der Waals surface area contributed by atoms with Crippen molar-refractivity contribution >= 4 is 29.5 Å². The van der Waals surface area contributed by atoms with E-state index in [-0.39, 0.29) is 11.8 Å². The second-order valence-corrected chi connectivity index (χ2v) is 5.73. The second-order valence-electron chi connectivity index (χ2n) is 5.32. The molecule has 1 aromatic rings. The molecular formula is C17H21ClN2O4. The van der Waals surface area contributed by atoms with E-state index in [1.165, 1.54) is 20.3 Å². The quantitative estimate of drug-likeness (QED) is 0.824. The number of carbonyl (C=O) groups excluding carboxylic acids is 2. The first kappa shape index (κ1) is 18.1. The fraction of sp³-hybridized carbons (Fsp3) is 0.412. The number of amides is 2. The number of hydrogen-bond acceptors (Lipinski definition) is 4. The van der Waals surface area contributed by atoms with Gasteiger partial charge in [0.25, 0.3) is 0 Å². The number of hydrogen-bond donors (Lipinski definition) is 1. The van der Waals surface area contributed by atoms with Crippen LogP contribution in [0.3, 0.4) is 0 Å². The van der Waals surface area contributed by atoms with E-state index in [1.54, 1.807) is 23.1 Å². The Morgan fingerprint density at radius 2 is 2.17 bits per heavy atom. The first-order valence-corrected chi connectivity index (χ1v) is 8.07. The highest BCUT2D eigenvalue weighted by atomic mass is 35.5. The number of benzene rings is 1. The number of ether oxygens (including phenoxy) is 2. The van der Waals surface area contributed by atoms with Crippen molar-refractivity contribution in [1.82, 2.24) is 10.2 Å². The number of carbonyl (C=O) groups is 2. The van der Waals surface area contributed by atoms with E-state index >= 15 is 0 Å². The van der Waals surface area contributed by atoms with Crippen LogP contribution in [0.2, 0.25) is 5.02 Å². The van der Waals surface area contributed by atoms with Crippen LogP contribution in [0, 0.1) is 0 Å². The zero-order valence-corrected chi connectivity index (χ0v) is 14.7.